The normalized spacial score (nSPS) is 15.5. The van der Waals surface area contributed by atoms with Crippen molar-refractivity contribution in [3.8, 4) is 17.6 Å². The average molecular weight is 545 g/mol. The molecule has 4 aromatic rings. The SMILES string of the molecule is Cc1ccc(C(=O)Nc2cc(OC[C@@H]3CCCN3C)cc(C(F)(F)F)c2)cc1C#Cc1cnc2ccccc2n1. The molecule has 0 spiro atoms. The lowest BCUT2D eigenvalue weighted by molar-refractivity contribution is -0.137. The zero-order chi connectivity index (χ0) is 28.3. The number of likely N-dealkylation sites (N-methyl/N-ethyl adjacent to an activating group) is 1. The number of amides is 1. The fourth-order valence-electron chi connectivity index (χ4n) is 4.55. The molecule has 0 unspecified atom stereocenters. The van der Waals surface area contributed by atoms with Crippen LogP contribution in [0.3, 0.4) is 0 Å². The summed E-state index contributed by atoms with van der Waals surface area (Å²) >= 11 is 0. The minimum Gasteiger partial charge on any atom is -0.492 e. The molecule has 2 heterocycles. The molecule has 1 saturated heterocycles. The van der Waals surface area contributed by atoms with Gasteiger partial charge in [-0.2, -0.15) is 13.2 Å². The number of hydrogen-bond acceptors (Lipinski definition) is 5. The van der Waals surface area contributed by atoms with Crippen molar-refractivity contribution in [1.29, 1.82) is 0 Å². The topological polar surface area (TPSA) is 67.3 Å². The molecule has 1 atom stereocenters. The second-order valence-corrected chi connectivity index (χ2v) is 9.81. The Morgan fingerprint density at radius 1 is 1.10 bits per heavy atom. The number of hydrogen-bond donors (Lipinski definition) is 1. The Kier molecular flexibility index (Phi) is 7.71. The van der Waals surface area contributed by atoms with Gasteiger partial charge < -0.3 is 15.0 Å². The first kappa shape index (κ1) is 27.2. The van der Waals surface area contributed by atoms with Gasteiger partial charge in [-0.1, -0.05) is 24.1 Å². The highest BCUT2D eigenvalue weighted by molar-refractivity contribution is 6.04. The first-order valence-corrected chi connectivity index (χ1v) is 12.9. The molecule has 1 fully saturated rings. The lowest BCUT2D eigenvalue weighted by Gasteiger charge is -2.20. The molecule has 5 rings (SSSR count). The summed E-state index contributed by atoms with van der Waals surface area (Å²) in [5.74, 6) is 5.51. The summed E-state index contributed by atoms with van der Waals surface area (Å²) in [5.41, 5.74) is 2.75. The van der Waals surface area contributed by atoms with Crippen LogP contribution in [-0.2, 0) is 6.18 Å². The van der Waals surface area contributed by atoms with Gasteiger partial charge in [0, 0.05) is 28.9 Å². The first-order valence-electron chi connectivity index (χ1n) is 12.9. The van der Waals surface area contributed by atoms with Crippen molar-refractivity contribution < 1.29 is 22.7 Å². The van der Waals surface area contributed by atoms with Crippen LogP contribution in [0.15, 0.2) is 66.9 Å². The summed E-state index contributed by atoms with van der Waals surface area (Å²) in [4.78, 5) is 24.0. The number of carbonyl (C=O) groups excluding carboxylic acids is 1. The summed E-state index contributed by atoms with van der Waals surface area (Å²) in [5, 5.41) is 2.59. The molecule has 204 valence electrons. The number of fused-ring (bicyclic) bond motifs is 1. The maximum atomic E-state index is 13.6. The van der Waals surface area contributed by atoms with E-state index >= 15 is 0 Å². The molecule has 0 saturated carbocycles. The Morgan fingerprint density at radius 2 is 1.90 bits per heavy atom. The lowest BCUT2D eigenvalue weighted by atomic mass is 10.0. The standard InChI is InChI=1S/C31H27F3N4O2/c1-20-9-10-22(14-21(20)11-12-24-18-35-28-7-3-4-8-29(28)36-24)30(39)37-25-15-23(31(32,33)34)16-27(17-25)40-19-26-6-5-13-38(26)2/h3-4,7-10,14-18,26H,5-6,13,19H2,1-2H3,(H,37,39)/t26-/m0/s1. The van der Waals surface area contributed by atoms with E-state index in [0.29, 0.717) is 11.3 Å². The monoisotopic (exact) mass is 544 g/mol. The molecule has 3 aromatic carbocycles. The lowest BCUT2D eigenvalue weighted by Crippen LogP contribution is -2.30. The number of para-hydroxylation sites is 2. The molecule has 0 aliphatic carbocycles. The van der Waals surface area contributed by atoms with Crippen molar-refractivity contribution in [3.05, 3.63) is 94.8 Å². The third-order valence-corrected chi connectivity index (χ3v) is 6.88. The van der Waals surface area contributed by atoms with Gasteiger partial charge >= 0.3 is 6.18 Å². The second kappa shape index (κ2) is 11.4. The van der Waals surface area contributed by atoms with E-state index in [0.717, 1.165) is 48.1 Å². The molecule has 1 amide bonds. The summed E-state index contributed by atoms with van der Waals surface area (Å²) < 4.78 is 46.6. The van der Waals surface area contributed by atoms with Crippen LogP contribution in [-0.4, -0.2) is 47.0 Å². The molecule has 0 radical (unpaired) electrons. The highest BCUT2D eigenvalue weighted by Crippen LogP contribution is 2.34. The van der Waals surface area contributed by atoms with Crippen LogP contribution in [0.5, 0.6) is 5.75 Å². The van der Waals surface area contributed by atoms with Crippen LogP contribution in [0.1, 0.15) is 45.6 Å². The van der Waals surface area contributed by atoms with Crippen molar-refractivity contribution in [2.45, 2.75) is 32.0 Å². The summed E-state index contributed by atoms with van der Waals surface area (Å²) in [6, 6.07) is 15.8. The third kappa shape index (κ3) is 6.41. The number of nitrogens with one attached hydrogen (secondary N) is 1. The summed E-state index contributed by atoms with van der Waals surface area (Å²) in [6.07, 6.45) is -1.07. The molecule has 1 aliphatic heterocycles. The highest BCUT2D eigenvalue weighted by Gasteiger charge is 2.32. The number of aryl methyl sites for hydroxylation is 1. The van der Waals surface area contributed by atoms with Gasteiger partial charge in [0.1, 0.15) is 18.1 Å². The number of benzene rings is 3. The zero-order valence-corrected chi connectivity index (χ0v) is 22.0. The molecule has 1 aromatic heterocycles. The van der Waals surface area contributed by atoms with Gasteiger partial charge in [0.25, 0.3) is 5.91 Å². The average Bonchev–Trinajstić information content (AvgIpc) is 3.35. The predicted octanol–water partition coefficient (Wildman–Crippen LogP) is 6.08. The van der Waals surface area contributed by atoms with E-state index in [4.69, 9.17) is 4.74 Å². The highest BCUT2D eigenvalue weighted by atomic mass is 19.4. The van der Waals surface area contributed by atoms with Gasteiger partial charge in [-0.05, 0) is 81.2 Å². The number of aromatic nitrogens is 2. The van der Waals surface area contributed by atoms with Gasteiger partial charge in [-0.25, -0.2) is 4.98 Å². The van der Waals surface area contributed by atoms with E-state index in [1.807, 2.05) is 38.2 Å². The fourth-order valence-corrected chi connectivity index (χ4v) is 4.55. The van der Waals surface area contributed by atoms with Gasteiger partial charge in [0.15, 0.2) is 0 Å². The van der Waals surface area contributed by atoms with E-state index in [9.17, 15) is 18.0 Å². The van der Waals surface area contributed by atoms with E-state index in [1.165, 1.54) is 6.07 Å². The van der Waals surface area contributed by atoms with Crippen molar-refractivity contribution in [1.82, 2.24) is 14.9 Å². The van der Waals surface area contributed by atoms with Gasteiger partial charge in [-0.15, -0.1) is 0 Å². The number of rotatable bonds is 5. The molecular formula is C31H27F3N4O2. The Hall–Kier alpha value is -4.42. The summed E-state index contributed by atoms with van der Waals surface area (Å²) in [7, 11) is 1.97. The van der Waals surface area contributed by atoms with Crippen molar-refractivity contribution >= 4 is 22.6 Å². The molecule has 0 bridgehead atoms. The van der Waals surface area contributed by atoms with Crippen molar-refractivity contribution in [2.24, 2.45) is 0 Å². The molecule has 40 heavy (non-hydrogen) atoms. The number of carbonyl (C=O) groups is 1. The van der Waals surface area contributed by atoms with Crippen LogP contribution in [0.2, 0.25) is 0 Å². The van der Waals surface area contributed by atoms with E-state index in [-0.39, 0.29) is 29.6 Å². The maximum absolute atomic E-state index is 13.6. The number of alkyl halides is 3. The molecule has 6 nitrogen and oxygen atoms in total. The number of anilines is 1. The summed E-state index contributed by atoms with van der Waals surface area (Å²) in [6.45, 7) is 3.05. The van der Waals surface area contributed by atoms with Crippen LogP contribution in [0, 0.1) is 18.8 Å². The predicted molar refractivity (Wildman–Crippen MR) is 147 cm³/mol. The smallest absolute Gasteiger partial charge is 0.416 e. The van der Waals surface area contributed by atoms with E-state index < -0.39 is 17.6 Å². The van der Waals surface area contributed by atoms with Gasteiger partial charge in [0.2, 0.25) is 0 Å². The van der Waals surface area contributed by atoms with E-state index in [2.05, 4.69) is 32.0 Å². The Bertz CT molecular complexity index is 1620. The third-order valence-electron chi connectivity index (χ3n) is 6.88. The molecule has 1 N–H and O–H groups in total. The molecule has 1 aliphatic rings. The maximum Gasteiger partial charge on any atom is 0.416 e. The fraction of sp³-hybridized carbons (Fsp3) is 0.258. The molecular weight excluding hydrogens is 517 g/mol. The number of halogens is 3. The second-order valence-electron chi connectivity index (χ2n) is 9.81. The van der Waals surface area contributed by atoms with Crippen molar-refractivity contribution in [3.63, 3.8) is 0 Å². The Balaban J connectivity index is 1.36. The Labute approximate surface area is 230 Å². The van der Waals surface area contributed by atoms with Crippen LogP contribution >= 0.6 is 0 Å². The quantitative estimate of drug-likeness (QED) is 0.309. The number of ether oxygens (including phenoxy) is 1. The van der Waals surface area contributed by atoms with Gasteiger partial charge in [-0.3, -0.25) is 9.78 Å². The van der Waals surface area contributed by atoms with Crippen LogP contribution in [0.25, 0.3) is 11.0 Å². The van der Waals surface area contributed by atoms with Crippen LogP contribution < -0.4 is 10.1 Å². The minimum atomic E-state index is -4.60. The zero-order valence-electron chi connectivity index (χ0n) is 22.0. The number of likely N-dealkylation sites (tertiary alicyclic amines) is 1. The van der Waals surface area contributed by atoms with Crippen LogP contribution in [0.4, 0.5) is 18.9 Å². The van der Waals surface area contributed by atoms with E-state index in [1.54, 1.807) is 24.4 Å². The first-order chi connectivity index (χ1) is 19.2. The number of nitrogens with zero attached hydrogens (tertiary/aromatic N) is 3. The van der Waals surface area contributed by atoms with Crippen molar-refractivity contribution in [2.75, 3.05) is 25.5 Å². The Morgan fingerprint density at radius 3 is 2.65 bits per heavy atom. The molecule has 9 heteroatoms. The largest absolute Gasteiger partial charge is 0.492 e. The minimum absolute atomic E-state index is 0.00533. The van der Waals surface area contributed by atoms with Gasteiger partial charge in [0.05, 0.1) is 22.8 Å².